The molecular weight excluding hydrogens is 324 g/mol. The second-order valence-electron chi connectivity index (χ2n) is 6.16. The summed E-state index contributed by atoms with van der Waals surface area (Å²) in [5.41, 5.74) is 1.80. The lowest BCUT2D eigenvalue weighted by Gasteiger charge is -2.23. The molecule has 1 saturated heterocycles. The van der Waals surface area contributed by atoms with E-state index in [9.17, 15) is 14.9 Å². The molecule has 2 N–H and O–H groups in total. The number of rotatable bonds is 4. The Labute approximate surface area is 144 Å². The number of aryl methyl sites for hydroxylation is 1. The molecule has 2 aromatic rings. The van der Waals surface area contributed by atoms with Crippen LogP contribution in [0.2, 0.25) is 0 Å². The lowest BCUT2D eigenvalue weighted by molar-refractivity contribution is -0.385. The highest BCUT2D eigenvalue weighted by Gasteiger charge is 2.23. The van der Waals surface area contributed by atoms with Crippen molar-refractivity contribution in [1.29, 1.82) is 0 Å². The van der Waals surface area contributed by atoms with Crippen molar-refractivity contribution in [3.05, 3.63) is 45.3 Å². The second kappa shape index (κ2) is 6.98. The Balaban J connectivity index is 1.79. The van der Waals surface area contributed by atoms with E-state index < -0.39 is 10.8 Å². The van der Waals surface area contributed by atoms with Crippen molar-refractivity contribution in [2.75, 3.05) is 18.4 Å². The van der Waals surface area contributed by atoms with Gasteiger partial charge in [0.25, 0.3) is 11.6 Å². The maximum Gasteiger partial charge on any atom is 0.278 e. The molecule has 0 unspecified atom stereocenters. The number of piperidine rings is 1. The van der Waals surface area contributed by atoms with Gasteiger partial charge in [0.15, 0.2) is 5.69 Å². The standard InChI is InChI=1S/C16H20N6O3/c1-10-3-4-12(9-14(10)22(24)25)18-16(23)15-11(2)21(20-19-15)13-5-7-17-8-6-13/h3-4,9,13,17H,5-8H2,1-2H3,(H,18,23). The molecule has 25 heavy (non-hydrogen) atoms. The summed E-state index contributed by atoms with van der Waals surface area (Å²) < 4.78 is 1.80. The van der Waals surface area contributed by atoms with Gasteiger partial charge < -0.3 is 10.6 Å². The number of nitrogens with zero attached hydrogens (tertiary/aromatic N) is 4. The van der Waals surface area contributed by atoms with Gasteiger partial charge in [0, 0.05) is 17.3 Å². The number of carbonyl (C=O) groups is 1. The lowest BCUT2D eigenvalue weighted by Crippen LogP contribution is -2.30. The number of nitrogens with one attached hydrogen (secondary N) is 2. The molecule has 1 aliphatic rings. The van der Waals surface area contributed by atoms with Crippen LogP contribution in [-0.2, 0) is 0 Å². The second-order valence-corrected chi connectivity index (χ2v) is 6.16. The largest absolute Gasteiger partial charge is 0.320 e. The molecular formula is C16H20N6O3. The summed E-state index contributed by atoms with van der Waals surface area (Å²) in [6, 6.07) is 4.81. The fourth-order valence-electron chi connectivity index (χ4n) is 3.02. The Morgan fingerprint density at radius 3 is 2.76 bits per heavy atom. The number of nitro groups is 1. The molecule has 2 heterocycles. The van der Waals surface area contributed by atoms with Gasteiger partial charge in [-0.15, -0.1) is 5.10 Å². The van der Waals surface area contributed by atoms with Crippen molar-refractivity contribution < 1.29 is 9.72 Å². The lowest BCUT2D eigenvalue weighted by atomic mass is 10.1. The monoisotopic (exact) mass is 344 g/mol. The summed E-state index contributed by atoms with van der Waals surface area (Å²) in [5.74, 6) is -0.421. The van der Waals surface area contributed by atoms with E-state index >= 15 is 0 Å². The minimum Gasteiger partial charge on any atom is -0.320 e. The Hall–Kier alpha value is -2.81. The number of hydrogen-bond acceptors (Lipinski definition) is 6. The first kappa shape index (κ1) is 17.0. The van der Waals surface area contributed by atoms with Crippen molar-refractivity contribution >= 4 is 17.3 Å². The molecule has 3 rings (SSSR count). The molecule has 1 aromatic carbocycles. The molecule has 1 fully saturated rings. The summed E-state index contributed by atoms with van der Waals surface area (Å²) in [6.45, 7) is 5.30. The Bertz CT molecular complexity index is 810. The molecule has 0 saturated carbocycles. The van der Waals surface area contributed by atoms with Crippen molar-refractivity contribution in [3.63, 3.8) is 0 Å². The zero-order chi connectivity index (χ0) is 18.0. The van der Waals surface area contributed by atoms with E-state index in [1.54, 1.807) is 23.7 Å². The van der Waals surface area contributed by atoms with Gasteiger partial charge in [0.1, 0.15) is 0 Å². The fraction of sp³-hybridized carbons (Fsp3) is 0.438. The van der Waals surface area contributed by atoms with Crippen LogP contribution in [0.15, 0.2) is 18.2 Å². The Kier molecular flexibility index (Phi) is 4.75. The van der Waals surface area contributed by atoms with E-state index in [1.807, 2.05) is 6.92 Å². The first-order chi connectivity index (χ1) is 12.0. The molecule has 0 atom stereocenters. The molecule has 1 aliphatic heterocycles. The van der Waals surface area contributed by atoms with Crippen molar-refractivity contribution in [2.45, 2.75) is 32.7 Å². The minimum atomic E-state index is -0.469. The molecule has 0 spiro atoms. The van der Waals surface area contributed by atoms with Crippen LogP contribution in [0.1, 0.15) is 40.6 Å². The average Bonchev–Trinajstić information content (AvgIpc) is 2.98. The maximum absolute atomic E-state index is 12.5. The van der Waals surface area contributed by atoms with E-state index in [4.69, 9.17) is 0 Å². The van der Waals surface area contributed by atoms with Gasteiger partial charge in [-0.1, -0.05) is 11.3 Å². The van der Waals surface area contributed by atoms with Crippen LogP contribution in [0.3, 0.4) is 0 Å². The molecule has 0 aliphatic carbocycles. The third-order valence-corrected chi connectivity index (χ3v) is 4.46. The predicted octanol–water partition coefficient (Wildman–Crippen LogP) is 1.98. The average molecular weight is 344 g/mol. The molecule has 0 radical (unpaired) electrons. The van der Waals surface area contributed by atoms with Gasteiger partial charge >= 0.3 is 0 Å². The van der Waals surface area contributed by atoms with Crippen molar-refractivity contribution in [2.24, 2.45) is 0 Å². The van der Waals surface area contributed by atoms with Crippen LogP contribution in [-0.4, -0.2) is 38.9 Å². The van der Waals surface area contributed by atoms with E-state index in [0.29, 0.717) is 16.9 Å². The molecule has 9 nitrogen and oxygen atoms in total. The van der Waals surface area contributed by atoms with Gasteiger partial charge in [0.2, 0.25) is 0 Å². The van der Waals surface area contributed by atoms with E-state index in [0.717, 1.165) is 25.9 Å². The van der Waals surface area contributed by atoms with E-state index in [-0.39, 0.29) is 17.4 Å². The molecule has 1 amide bonds. The Morgan fingerprint density at radius 2 is 2.08 bits per heavy atom. The zero-order valence-corrected chi connectivity index (χ0v) is 14.2. The van der Waals surface area contributed by atoms with Crippen LogP contribution in [0.25, 0.3) is 0 Å². The summed E-state index contributed by atoms with van der Waals surface area (Å²) in [7, 11) is 0. The number of hydrogen-bond donors (Lipinski definition) is 2. The highest BCUT2D eigenvalue weighted by Crippen LogP contribution is 2.24. The van der Waals surface area contributed by atoms with Crippen LogP contribution in [0, 0.1) is 24.0 Å². The van der Waals surface area contributed by atoms with Gasteiger partial charge in [-0.25, -0.2) is 4.68 Å². The summed E-state index contributed by atoms with van der Waals surface area (Å²) in [5, 5.41) is 25.1. The highest BCUT2D eigenvalue weighted by atomic mass is 16.6. The number of carbonyl (C=O) groups excluding carboxylic acids is 1. The first-order valence-corrected chi connectivity index (χ1v) is 8.16. The van der Waals surface area contributed by atoms with Crippen LogP contribution in [0.5, 0.6) is 0 Å². The van der Waals surface area contributed by atoms with Gasteiger partial charge in [-0.2, -0.15) is 0 Å². The zero-order valence-electron chi connectivity index (χ0n) is 14.2. The number of benzene rings is 1. The SMILES string of the molecule is Cc1ccc(NC(=O)c2nnn(C3CCNCC3)c2C)cc1[N+](=O)[O-]. The van der Waals surface area contributed by atoms with Crippen molar-refractivity contribution in [3.8, 4) is 0 Å². The number of anilines is 1. The van der Waals surface area contributed by atoms with Gasteiger partial charge in [-0.3, -0.25) is 14.9 Å². The van der Waals surface area contributed by atoms with Crippen LogP contribution >= 0.6 is 0 Å². The van der Waals surface area contributed by atoms with Gasteiger partial charge in [-0.05, 0) is 45.8 Å². The normalized spacial score (nSPS) is 15.1. The Morgan fingerprint density at radius 1 is 1.36 bits per heavy atom. The predicted molar refractivity (Wildman–Crippen MR) is 91.7 cm³/mol. The summed E-state index contributed by atoms with van der Waals surface area (Å²) in [4.78, 5) is 23.0. The van der Waals surface area contributed by atoms with Gasteiger partial charge in [0.05, 0.1) is 16.7 Å². The molecule has 132 valence electrons. The third-order valence-electron chi connectivity index (χ3n) is 4.46. The topological polar surface area (TPSA) is 115 Å². The van der Waals surface area contributed by atoms with Crippen LogP contribution < -0.4 is 10.6 Å². The highest BCUT2D eigenvalue weighted by molar-refractivity contribution is 6.03. The molecule has 9 heteroatoms. The maximum atomic E-state index is 12.5. The number of nitro benzene ring substituents is 1. The van der Waals surface area contributed by atoms with Crippen LogP contribution in [0.4, 0.5) is 11.4 Å². The summed E-state index contributed by atoms with van der Waals surface area (Å²) in [6.07, 6.45) is 1.88. The van der Waals surface area contributed by atoms with E-state index in [2.05, 4.69) is 20.9 Å². The molecule has 0 bridgehead atoms. The fourth-order valence-corrected chi connectivity index (χ4v) is 3.02. The summed E-state index contributed by atoms with van der Waals surface area (Å²) >= 11 is 0. The smallest absolute Gasteiger partial charge is 0.278 e. The third kappa shape index (κ3) is 3.50. The van der Waals surface area contributed by atoms with Crippen molar-refractivity contribution in [1.82, 2.24) is 20.3 Å². The van der Waals surface area contributed by atoms with E-state index in [1.165, 1.54) is 6.07 Å². The number of amides is 1. The quantitative estimate of drug-likeness (QED) is 0.647. The minimum absolute atomic E-state index is 0.0344. The first-order valence-electron chi connectivity index (χ1n) is 8.16. The number of aromatic nitrogens is 3. The molecule has 1 aromatic heterocycles.